The van der Waals surface area contributed by atoms with Gasteiger partial charge in [0.25, 0.3) is 0 Å². The lowest BCUT2D eigenvalue weighted by atomic mass is 10.3. The molecule has 0 rings (SSSR count). The third-order valence-corrected chi connectivity index (χ3v) is 2.33. The molecule has 6 heteroatoms. The van der Waals surface area contributed by atoms with E-state index in [0.29, 0.717) is 65.9 Å². The van der Waals surface area contributed by atoms with Crippen LogP contribution in [0.25, 0.3) is 0 Å². The van der Waals surface area contributed by atoms with Crippen molar-refractivity contribution in [3.8, 4) is 0 Å². The van der Waals surface area contributed by atoms with Gasteiger partial charge in [-0.05, 0) is 6.42 Å². The third-order valence-electron chi connectivity index (χ3n) is 2.33. The van der Waals surface area contributed by atoms with Crippen molar-refractivity contribution in [3.63, 3.8) is 0 Å². The quantitative estimate of drug-likeness (QED) is 0.440. The van der Waals surface area contributed by atoms with Crippen LogP contribution >= 0.6 is 0 Å². The van der Waals surface area contributed by atoms with Crippen molar-refractivity contribution in [2.45, 2.75) is 19.4 Å². The van der Waals surface area contributed by atoms with Crippen molar-refractivity contribution in [2.75, 3.05) is 66.6 Å². The Balaban J connectivity index is 2.95. The Hall–Kier alpha value is -0.240. The van der Waals surface area contributed by atoms with Crippen LogP contribution in [0, 0.1) is 0 Å². The molecule has 116 valence electrons. The minimum Gasteiger partial charge on any atom is -0.391 e. The number of hydrogen-bond donors (Lipinski definition) is 1. The number of hydrogen-bond acceptors (Lipinski definition) is 6. The number of ether oxygens (including phenoxy) is 5. The average molecular weight is 280 g/mol. The molecule has 0 amide bonds. The first-order valence-corrected chi connectivity index (χ1v) is 6.79. The monoisotopic (exact) mass is 280 g/mol. The van der Waals surface area contributed by atoms with Gasteiger partial charge in [0.2, 0.25) is 0 Å². The molecule has 0 aromatic carbocycles. The smallest absolute Gasteiger partial charge is 0.0771 e. The minimum atomic E-state index is -0.374. The van der Waals surface area contributed by atoms with Crippen molar-refractivity contribution in [1.29, 1.82) is 0 Å². The molecule has 0 saturated carbocycles. The average Bonchev–Trinajstić information content (AvgIpc) is 2.43. The summed E-state index contributed by atoms with van der Waals surface area (Å²) < 4.78 is 25.9. The molecule has 1 N–H and O–H groups in total. The highest BCUT2D eigenvalue weighted by Crippen LogP contribution is 1.90. The lowest BCUT2D eigenvalue weighted by Crippen LogP contribution is -2.17. The summed E-state index contributed by atoms with van der Waals surface area (Å²) >= 11 is 0. The van der Waals surface area contributed by atoms with Crippen molar-refractivity contribution in [1.82, 2.24) is 0 Å². The van der Waals surface area contributed by atoms with E-state index in [2.05, 4.69) is 0 Å². The molecule has 1 unspecified atom stereocenters. The molecule has 0 radical (unpaired) electrons. The van der Waals surface area contributed by atoms with Gasteiger partial charge in [0.1, 0.15) is 0 Å². The van der Waals surface area contributed by atoms with E-state index in [1.54, 1.807) is 7.11 Å². The van der Waals surface area contributed by atoms with Crippen LogP contribution in [0.1, 0.15) is 13.3 Å². The van der Waals surface area contributed by atoms with Crippen molar-refractivity contribution in [3.05, 3.63) is 0 Å². The second-order valence-corrected chi connectivity index (χ2v) is 3.97. The number of aliphatic hydroxyl groups excluding tert-OH is 1. The van der Waals surface area contributed by atoms with Crippen molar-refractivity contribution < 1.29 is 28.8 Å². The Morgan fingerprint density at radius 1 is 0.737 bits per heavy atom. The van der Waals surface area contributed by atoms with Gasteiger partial charge in [-0.1, -0.05) is 6.92 Å². The first-order valence-electron chi connectivity index (χ1n) is 6.79. The maximum absolute atomic E-state index is 9.23. The van der Waals surface area contributed by atoms with Crippen LogP contribution in [0.3, 0.4) is 0 Å². The van der Waals surface area contributed by atoms with E-state index in [0.717, 1.165) is 0 Å². The summed E-state index contributed by atoms with van der Waals surface area (Å²) in [5, 5.41) is 9.23. The Labute approximate surface area is 115 Å². The molecule has 0 heterocycles. The van der Waals surface area contributed by atoms with Crippen LogP contribution < -0.4 is 0 Å². The van der Waals surface area contributed by atoms with E-state index >= 15 is 0 Å². The van der Waals surface area contributed by atoms with Crippen LogP contribution in [0.5, 0.6) is 0 Å². The van der Waals surface area contributed by atoms with Crippen LogP contribution in [0.15, 0.2) is 0 Å². The molecule has 19 heavy (non-hydrogen) atoms. The minimum absolute atomic E-state index is 0.370. The van der Waals surface area contributed by atoms with Gasteiger partial charge in [-0.15, -0.1) is 0 Å². The molecule has 0 aliphatic rings. The second kappa shape index (κ2) is 15.8. The first kappa shape index (κ1) is 18.8. The zero-order chi connectivity index (χ0) is 14.2. The largest absolute Gasteiger partial charge is 0.391 e. The SMILES string of the molecule is CCC(O)COCCOCCOCCOCCOC. The van der Waals surface area contributed by atoms with E-state index in [1.807, 2.05) is 6.92 Å². The maximum Gasteiger partial charge on any atom is 0.0771 e. The summed E-state index contributed by atoms with van der Waals surface area (Å²) in [6, 6.07) is 0. The summed E-state index contributed by atoms with van der Waals surface area (Å²) in [6.45, 7) is 6.72. The molecule has 0 aromatic heterocycles. The van der Waals surface area contributed by atoms with Crippen LogP contribution in [-0.2, 0) is 23.7 Å². The van der Waals surface area contributed by atoms with Gasteiger partial charge in [0, 0.05) is 7.11 Å². The summed E-state index contributed by atoms with van der Waals surface area (Å²) in [4.78, 5) is 0. The van der Waals surface area contributed by atoms with E-state index in [1.165, 1.54) is 0 Å². The Bertz CT molecular complexity index is 167. The zero-order valence-corrected chi connectivity index (χ0v) is 12.1. The fourth-order valence-corrected chi connectivity index (χ4v) is 1.14. The van der Waals surface area contributed by atoms with Crippen LogP contribution in [0.4, 0.5) is 0 Å². The molecule has 0 spiro atoms. The first-order chi connectivity index (χ1) is 9.31. The summed E-state index contributed by atoms with van der Waals surface area (Å²) in [5.41, 5.74) is 0. The van der Waals surface area contributed by atoms with Gasteiger partial charge in [-0.25, -0.2) is 0 Å². The molecule has 0 fully saturated rings. The molecule has 0 aliphatic carbocycles. The topological polar surface area (TPSA) is 66.4 Å². The highest BCUT2D eigenvalue weighted by atomic mass is 16.6. The molecule has 0 aromatic rings. The van der Waals surface area contributed by atoms with E-state index in [9.17, 15) is 5.11 Å². The molecule has 0 bridgehead atoms. The fourth-order valence-electron chi connectivity index (χ4n) is 1.14. The summed E-state index contributed by atoms with van der Waals surface area (Å²) in [7, 11) is 1.64. The predicted molar refractivity (Wildman–Crippen MR) is 71.4 cm³/mol. The van der Waals surface area contributed by atoms with Crippen molar-refractivity contribution >= 4 is 0 Å². The van der Waals surface area contributed by atoms with Crippen LogP contribution in [-0.4, -0.2) is 77.8 Å². The number of aliphatic hydroxyl groups is 1. The standard InChI is InChI=1S/C13H28O6/c1-3-13(14)12-19-11-10-18-9-8-17-7-6-16-5-4-15-2/h13-14H,3-12H2,1-2H3. The number of methoxy groups -OCH3 is 1. The van der Waals surface area contributed by atoms with Gasteiger partial charge >= 0.3 is 0 Å². The predicted octanol–water partition coefficient (Wildman–Crippen LogP) is 0.470. The maximum atomic E-state index is 9.23. The third kappa shape index (κ3) is 15.7. The van der Waals surface area contributed by atoms with Gasteiger partial charge in [0.05, 0.1) is 65.6 Å². The Morgan fingerprint density at radius 2 is 1.16 bits per heavy atom. The van der Waals surface area contributed by atoms with Crippen LogP contribution in [0.2, 0.25) is 0 Å². The summed E-state index contributed by atoms with van der Waals surface area (Å²) in [5.74, 6) is 0. The van der Waals surface area contributed by atoms with Gasteiger partial charge in [0.15, 0.2) is 0 Å². The molecule has 6 nitrogen and oxygen atoms in total. The van der Waals surface area contributed by atoms with E-state index in [4.69, 9.17) is 23.7 Å². The Morgan fingerprint density at radius 3 is 1.58 bits per heavy atom. The van der Waals surface area contributed by atoms with E-state index < -0.39 is 0 Å². The normalized spacial score (nSPS) is 12.8. The molecule has 0 aliphatic heterocycles. The van der Waals surface area contributed by atoms with Gasteiger partial charge in [-0.3, -0.25) is 0 Å². The lowest BCUT2D eigenvalue weighted by molar-refractivity contribution is -0.0197. The molecule has 0 saturated heterocycles. The van der Waals surface area contributed by atoms with Crippen molar-refractivity contribution in [2.24, 2.45) is 0 Å². The number of rotatable bonds is 15. The molecular weight excluding hydrogens is 252 g/mol. The highest BCUT2D eigenvalue weighted by Gasteiger charge is 1.99. The van der Waals surface area contributed by atoms with E-state index in [-0.39, 0.29) is 6.10 Å². The van der Waals surface area contributed by atoms with Gasteiger partial charge < -0.3 is 28.8 Å². The zero-order valence-electron chi connectivity index (χ0n) is 12.1. The summed E-state index contributed by atoms with van der Waals surface area (Å²) in [6.07, 6.45) is 0.336. The second-order valence-electron chi connectivity index (χ2n) is 3.97. The molecular formula is C13H28O6. The van der Waals surface area contributed by atoms with Gasteiger partial charge in [-0.2, -0.15) is 0 Å². The fraction of sp³-hybridized carbons (Fsp3) is 1.00. The Kier molecular flexibility index (Phi) is 15.6. The lowest BCUT2D eigenvalue weighted by Gasteiger charge is -2.09. The molecule has 1 atom stereocenters. The highest BCUT2D eigenvalue weighted by molar-refractivity contribution is 4.47.